The lowest BCUT2D eigenvalue weighted by Gasteiger charge is -2.38. The van der Waals surface area contributed by atoms with Crippen LogP contribution in [0.5, 0.6) is 0 Å². The Hall–Kier alpha value is -3.25. The predicted molar refractivity (Wildman–Crippen MR) is 124 cm³/mol. The van der Waals surface area contributed by atoms with Crippen molar-refractivity contribution >= 4 is 28.9 Å². The number of amides is 2. The summed E-state index contributed by atoms with van der Waals surface area (Å²) >= 11 is 0. The first-order chi connectivity index (χ1) is 16.1. The molecule has 0 aliphatic carbocycles. The number of para-hydroxylation sites is 1. The topological polar surface area (TPSA) is 66.9 Å². The minimum atomic E-state index is -0.723. The standard InChI is InChI=1S/C27H26N2O4/c1-16-14-21-22-23(27(32)28(26(22)31)15-18-10-7-13-33-18)24(25(30)17-8-3-2-4-9-17)29(21)20-12-6-5-11-19(16)20/h2-6,8-9,11-12,14,18,21-24H,7,10,13,15H2,1H3/t18-,21-,22-,23-,24-/m0/s1. The zero-order chi connectivity index (χ0) is 22.7. The number of ketones is 1. The Morgan fingerprint density at radius 2 is 1.73 bits per heavy atom. The monoisotopic (exact) mass is 442 g/mol. The molecule has 2 aromatic carbocycles. The second kappa shape index (κ2) is 7.66. The number of carbonyl (C=O) groups is 3. The molecule has 5 atom stereocenters. The molecule has 2 aromatic rings. The third kappa shape index (κ3) is 3.00. The highest BCUT2D eigenvalue weighted by molar-refractivity contribution is 6.14. The Morgan fingerprint density at radius 3 is 2.48 bits per heavy atom. The number of allylic oxidation sites excluding steroid dienone is 1. The number of imide groups is 1. The van der Waals surface area contributed by atoms with Gasteiger partial charge in [-0.15, -0.1) is 0 Å². The highest BCUT2D eigenvalue weighted by Gasteiger charge is 2.64. The van der Waals surface area contributed by atoms with Gasteiger partial charge in [0.1, 0.15) is 6.04 Å². The molecule has 33 heavy (non-hydrogen) atoms. The van der Waals surface area contributed by atoms with Crippen molar-refractivity contribution in [1.82, 2.24) is 4.90 Å². The zero-order valence-corrected chi connectivity index (χ0v) is 18.5. The quantitative estimate of drug-likeness (QED) is 0.537. The summed E-state index contributed by atoms with van der Waals surface area (Å²) in [4.78, 5) is 44.6. The molecule has 6 nitrogen and oxygen atoms in total. The van der Waals surface area contributed by atoms with Gasteiger partial charge < -0.3 is 9.64 Å². The van der Waals surface area contributed by atoms with E-state index in [0.717, 1.165) is 29.7 Å². The van der Waals surface area contributed by atoms with Gasteiger partial charge in [-0.25, -0.2) is 0 Å². The SMILES string of the molecule is CC1=C[C@H]2[C@@H]3C(=O)N(C[C@@H]4CCCO4)C(=O)[C@@H]3[C@@H](C(=O)c3ccccc3)N2c2ccccc21. The Kier molecular flexibility index (Phi) is 4.73. The van der Waals surface area contributed by atoms with Gasteiger partial charge in [0.15, 0.2) is 5.78 Å². The number of hydrogen-bond donors (Lipinski definition) is 0. The molecule has 0 aromatic heterocycles. The van der Waals surface area contributed by atoms with Gasteiger partial charge >= 0.3 is 0 Å². The fraction of sp³-hybridized carbons (Fsp3) is 0.370. The molecule has 6 heteroatoms. The van der Waals surface area contributed by atoms with Crippen molar-refractivity contribution in [3.05, 3.63) is 71.8 Å². The summed E-state index contributed by atoms with van der Waals surface area (Å²) in [5, 5.41) is 0. The first-order valence-corrected chi connectivity index (χ1v) is 11.7. The van der Waals surface area contributed by atoms with E-state index in [1.165, 1.54) is 4.90 Å². The predicted octanol–water partition coefficient (Wildman–Crippen LogP) is 3.32. The number of benzene rings is 2. The molecule has 4 aliphatic rings. The molecule has 2 amide bonds. The summed E-state index contributed by atoms with van der Waals surface area (Å²) in [5.41, 5.74) is 3.58. The Morgan fingerprint density at radius 1 is 1.00 bits per heavy atom. The van der Waals surface area contributed by atoms with Crippen molar-refractivity contribution in [2.45, 2.75) is 38.0 Å². The van der Waals surface area contributed by atoms with Crippen molar-refractivity contribution in [3.8, 4) is 0 Å². The largest absolute Gasteiger partial charge is 0.376 e. The Labute approximate surface area is 192 Å². The highest BCUT2D eigenvalue weighted by Crippen LogP contribution is 2.50. The average Bonchev–Trinajstić information content (AvgIpc) is 3.53. The molecule has 0 radical (unpaired) electrons. The summed E-state index contributed by atoms with van der Waals surface area (Å²) in [6, 6.07) is 16.0. The Bertz CT molecular complexity index is 1170. The van der Waals surface area contributed by atoms with Gasteiger partial charge in [0.25, 0.3) is 0 Å². The highest BCUT2D eigenvalue weighted by atomic mass is 16.5. The second-order valence-electron chi connectivity index (χ2n) is 9.41. The summed E-state index contributed by atoms with van der Waals surface area (Å²) in [7, 11) is 0. The van der Waals surface area contributed by atoms with E-state index in [0.29, 0.717) is 12.2 Å². The van der Waals surface area contributed by atoms with E-state index in [1.54, 1.807) is 12.1 Å². The van der Waals surface area contributed by atoms with Crippen LogP contribution in [0.3, 0.4) is 0 Å². The third-order valence-corrected chi connectivity index (χ3v) is 7.58. The van der Waals surface area contributed by atoms with Crippen molar-refractivity contribution < 1.29 is 19.1 Å². The fourth-order valence-corrected chi connectivity index (χ4v) is 6.10. The van der Waals surface area contributed by atoms with Crippen molar-refractivity contribution in [1.29, 1.82) is 0 Å². The number of ether oxygens (including phenoxy) is 1. The molecule has 168 valence electrons. The molecular formula is C27H26N2O4. The normalized spacial score (nSPS) is 30.2. The van der Waals surface area contributed by atoms with Crippen LogP contribution < -0.4 is 4.90 Å². The van der Waals surface area contributed by atoms with Gasteiger partial charge in [-0.2, -0.15) is 0 Å². The molecule has 0 N–H and O–H groups in total. The molecular weight excluding hydrogens is 416 g/mol. The first-order valence-electron chi connectivity index (χ1n) is 11.7. The van der Waals surface area contributed by atoms with E-state index < -0.39 is 17.9 Å². The van der Waals surface area contributed by atoms with Gasteiger partial charge in [0.2, 0.25) is 11.8 Å². The van der Waals surface area contributed by atoms with Crippen molar-refractivity contribution in [2.24, 2.45) is 11.8 Å². The molecule has 0 unspecified atom stereocenters. The number of anilines is 1. The van der Waals surface area contributed by atoms with E-state index in [9.17, 15) is 14.4 Å². The number of carbonyl (C=O) groups excluding carboxylic acids is 3. The Balaban J connectivity index is 1.46. The molecule has 3 saturated heterocycles. The van der Waals surface area contributed by atoms with Crippen LogP contribution in [0.1, 0.15) is 35.7 Å². The zero-order valence-electron chi connectivity index (χ0n) is 18.5. The van der Waals surface area contributed by atoms with Gasteiger partial charge in [-0.3, -0.25) is 19.3 Å². The molecule has 0 saturated carbocycles. The van der Waals surface area contributed by atoms with Crippen LogP contribution in [0.2, 0.25) is 0 Å². The number of fused-ring (bicyclic) bond motifs is 5. The first kappa shape index (κ1) is 20.4. The molecule has 4 heterocycles. The smallest absolute Gasteiger partial charge is 0.235 e. The molecule has 6 rings (SSSR count). The maximum absolute atomic E-state index is 13.9. The summed E-state index contributed by atoms with van der Waals surface area (Å²) in [5.74, 6) is -1.81. The number of rotatable bonds is 4. The molecule has 4 aliphatic heterocycles. The van der Waals surface area contributed by atoms with Gasteiger partial charge in [-0.05, 0) is 31.4 Å². The van der Waals surface area contributed by atoms with E-state index in [2.05, 4.69) is 6.08 Å². The number of hydrogen-bond acceptors (Lipinski definition) is 5. The van der Waals surface area contributed by atoms with Crippen LogP contribution in [0.15, 0.2) is 60.7 Å². The maximum atomic E-state index is 13.9. The van der Waals surface area contributed by atoms with E-state index in [4.69, 9.17) is 4.74 Å². The van der Waals surface area contributed by atoms with Gasteiger partial charge in [0.05, 0.1) is 30.5 Å². The van der Waals surface area contributed by atoms with Crippen molar-refractivity contribution in [3.63, 3.8) is 0 Å². The summed E-state index contributed by atoms with van der Waals surface area (Å²) < 4.78 is 5.71. The van der Waals surface area contributed by atoms with Crippen LogP contribution in [-0.2, 0) is 14.3 Å². The molecule has 0 spiro atoms. The third-order valence-electron chi connectivity index (χ3n) is 7.58. The van der Waals surface area contributed by atoms with Crippen LogP contribution in [0.4, 0.5) is 5.69 Å². The second-order valence-corrected chi connectivity index (χ2v) is 9.41. The summed E-state index contributed by atoms with van der Waals surface area (Å²) in [6.45, 7) is 2.98. The van der Waals surface area contributed by atoms with Gasteiger partial charge in [0, 0.05) is 23.4 Å². The lowest BCUT2D eigenvalue weighted by molar-refractivity contribution is -0.142. The maximum Gasteiger partial charge on any atom is 0.235 e. The van der Waals surface area contributed by atoms with Crippen molar-refractivity contribution in [2.75, 3.05) is 18.1 Å². The lowest BCUT2D eigenvalue weighted by atomic mass is 9.85. The summed E-state index contributed by atoms with van der Waals surface area (Å²) in [6.07, 6.45) is 3.75. The number of nitrogens with zero attached hydrogens (tertiary/aromatic N) is 2. The average molecular weight is 443 g/mol. The van der Waals surface area contributed by atoms with Crippen LogP contribution in [0.25, 0.3) is 5.57 Å². The molecule has 3 fully saturated rings. The molecule has 0 bridgehead atoms. The number of Topliss-reactive ketones (excluding diaryl/α,β-unsaturated/α-hetero) is 1. The van der Waals surface area contributed by atoms with Crippen LogP contribution >= 0.6 is 0 Å². The van der Waals surface area contributed by atoms with Crippen LogP contribution in [-0.4, -0.2) is 53.8 Å². The lowest BCUT2D eigenvalue weighted by Crippen LogP contribution is -2.49. The van der Waals surface area contributed by atoms with E-state index in [-0.39, 0.29) is 36.3 Å². The minimum Gasteiger partial charge on any atom is -0.376 e. The minimum absolute atomic E-state index is 0.111. The van der Waals surface area contributed by atoms with E-state index >= 15 is 0 Å². The van der Waals surface area contributed by atoms with E-state index in [1.807, 2.05) is 54.3 Å². The fourth-order valence-electron chi connectivity index (χ4n) is 6.10. The van der Waals surface area contributed by atoms with Gasteiger partial charge in [-0.1, -0.05) is 54.6 Å². The number of likely N-dealkylation sites (tertiary alicyclic amines) is 1. The van der Waals surface area contributed by atoms with Crippen LogP contribution in [0, 0.1) is 11.8 Å².